The lowest BCUT2D eigenvalue weighted by molar-refractivity contribution is -0.142. The zero-order chi connectivity index (χ0) is 32.0. The van der Waals surface area contributed by atoms with Crippen molar-refractivity contribution in [1.29, 1.82) is 0 Å². The highest BCUT2D eigenvalue weighted by Crippen LogP contribution is 2.28. The van der Waals surface area contributed by atoms with Crippen LogP contribution in [-0.2, 0) is 26.0 Å². The molecule has 2 heterocycles. The molecule has 0 aliphatic carbocycles. The van der Waals surface area contributed by atoms with Crippen molar-refractivity contribution in [3.05, 3.63) is 82.1 Å². The molecular formula is C29H33Cl2N7O5S. The number of carbonyl (C=O) groups is 2. The number of aromatic nitrogens is 1. The van der Waals surface area contributed by atoms with Gasteiger partial charge in [0.1, 0.15) is 4.90 Å². The van der Waals surface area contributed by atoms with Crippen LogP contribution < -0.4 is 16.0 Å². The maximum absolute atomic E-state index is 13.6. The first-order chi connectivity index (χ1) is 20.9. The van der Waals surface area contributed by atoms with E-state index >= 15 is 0 Å². The van der Waals surface area contributed by atoms with Gasteiger partial charge in [-0.05, 0) is 36.9 Å². The number of likely N-dealkylation sites (N-methyl/N-ethyl adjacent to an activating group) is 1. The average molecular weight is 663 g/mol. The van der Waals surface area contributed by atoms with Crippen LogP contribution in [0.1, 0.15) is 15.9 Å². The summed E-state index contributed by atoms with van der Waals surface area (Å²) in [6.45, 7) is 2.00. The Bertz CT molecular complexity index is 1630. The lowest BCUT2D eigenvalue weighted by Gasteiger charge is -2.32. The van der Waals surface area contributed by atoms with Crippen molar-refractivity contribution in [2.75, 3.05) is 57.6 Å². The lowest BCUT2D eigenvalue weighted by atomic mass is 10.1. The van der Waals surface area contributed by atoms with E-state index in [2.05, 4.69) is 20.2 Å². The predicted octanol–water partition coefficient (Wildman–Crippen LogP) is 3.11. The Kier molecular flexibility index (Phi) is 10.8. The summed E-state index contributed by atoms with van der Waals surface area (Å²) in [5.41, 5.74) is 7.94. The number of benzene rings is 2. The molecule has 4 rings (SSSR count). The summed E-state index contributed by atoms with van der Waals surface area (Å²) in [6, 6.07) is 12.2. The maximum Gasteiger partial charge on any atom is 0.331 e. The summed E-state index contributed by atoms with van der Waals surface area (Å²) in [7, 11) is 0.969. The van der Waals surface area contributed by atoms with Gasteiger partial charge in [0.25, 0.3) is 5.91 Å². The number of guanidine groups is 1. The van der Waals surface area contributed by atoms with Gasteiger partial charge in [-0.15, -0.1) is 0 Å². The standard InChI is InChI=1S/C29H33Cl2N7O5S/c1-36-12-14-38(15-13-36)44(41,42)25-7-5-4-6-24(25)37(2)29(32)35-23(28(40)43-3)16-19-8-10-20(11-9-19)34-27(39)26-21(30)17-33-18-22(26)31/h4-11,17-18,23H,12-16H2,1-3H3,(H2,32,35)(H,34,39)/t23-/m0/s1. The number of ether oxygens (including phenoxy) is 1. The largest absolute Gasteiger partial charge is 0.467 e. The van der Waals surface area contributed by atoms with Crippen LogP contribution in [0.15, 0.2) is 70.8 Å². The van der Waals surface area contributed by atoms with E-state index in [0.29, 0.717) is 43.1 Å². The van der Waals surface area contributed by atoms with E-state index in [-0.39, 0.29) is 32.9 Å². The van der Waals surface area contributed by atoms with Crippen LogP contribution in [0.4, 0.5) is 11.4 Å². The van der Waals surface area contributed by atoms with Crippen LogP contribution in [0.2, 0.25) is 10.0 Å². The molecule has 0 unspecified atom stereocenters. The van der Waals surface area contributed by atoms with Crippen molar-refractivity contribution in [2.45, 2.75) is 17.4 Å². The van der Waals surface area contributed by atoms with Crippen LogP contribution in [0.5, 0.6) is 0 Å². The van der Waals surface area contributed by atoms with Crippen molar-refractivity contribution in [2.24, 2.45) is 10.7 Å². The fourth-order valence-corrected chi connectivity index (χ4v) is 6.75. The monoisotopic (exact) mass is 661 g/mol. The fraction of sp³-hybridized carbons (Fsp3) is 0.310. The van der Waals surface area contributed by atoms with Gasteiger partial charge in [-0.3, -0.25) is 9.78 Å². The Morgan fingerprint density at radius 3 is 2.30 bits per heavy atom. The molecule has 234 valence electrons. The minimum absolute atomic E-state index is 0.0728. The highest BCUT2D eigenvalue weighted by atomic mass is 35.5. The number of hydrogen-bond donors (Lipinski definition) is 2. The Labute approximate surface area is 266 Å². The van der Waals surface area contributed by atoms with Crippen LogP contribution in [0.25, 0.3) is 0 Å². The van der Waals surface area contributed by atoms with Gasteiger partial charge in [0.15, 0.2) is 12.0 Å². The molecule has 0 bridgehead atoms. The average Bonchev–Trinajstić information content (AvgIpc) is 3.01. The number of esters is 1. The molecule has 44 heavy (non-hydrogen) atoms. The third-order valence-electron chi connectivity index (χ3n) is 7.13. The SMILES string of the molecule is COC(=O)[C@H](Cc1ccc(NC(=O)c2c(Cl)cncc2Cl)cc1)N=C(N)N(C)c1ccccc1S(=O)(=O)N1CCN(C)CC1. The molecule has 1 saturated heterocycles. The topological polar surface area (TPSA) is 151 Å². The number of anilines is 2. The molecule has 1 aromatic heterocycles. The fourth-order valence-electron chi connectivity index (χ4n) is 4.58. The van der Waals surface area contributed by atoms with Crippen LogP contribution in [-0.4, -0.2) is 93.9 Å². The summed E-state index contributed by atoms with van der Waals surface area (Å²) < 4.78 is 33.5. The van der Waals surface area contributed by atoms with Gasteiger partial charge < -0.3 is 25.6 Å². The number of para-hydroxylation sites is 1. The molecule has 0 radical (unpaired) electrons. The van der Waals surface area contributed by atoms with Gasteiger partial charge in [0.05, 0.1) is 28.4 Å². The van der Waals surface area contributed by atoms with Crippen molar-refractivity contribution in [3.8, 4) is 0 Å². The Morgan fingerprint density at radius 2 is 1.68 bits per heavy atom. The van der Waals surface area contributed by atoms with Gasteiger partial charge in [-0.1, -0.05) is 47.5 Å². The van der Waals surface area contributed by atoms with Gasteiger partial charge in [0.2, 0.25) is 10.0 Å². The molecule has 0 spiro atoms. The lowest BCUT2D eigenvalue weighted by Crippen LogP contribution is -2.47. The number of rotatable bonds is 9. The van der Waals surface area contributed by atoms with Crippen LogP contribution >= 0.6 is 23.2 Å². The summed E-state index contributed by atoms with van der Waals surface area (Å²) in [5.74, 6) is -1.20. The van der Waals surface area contributed by atoms with Crippen molar-refractivity contribution >= 4 is 62.4 Å². The third kappa shape index (κ3) is 7.66. The number of hydrogen-bond acceptors (Lipinski definition) is 8. The number of nitrogens with zero attached hydrogens (tertiary/aromatic N) is 5. The molecule has 0 saturated carbocycles. The normalized spacial score (nSPS) is 15.4. The summed E-state index contributed by atoms with van der Waals surface area (Å²) in [6.07, 6.45) is 2.78. The maximum atomic E-state index is 13.6. The second kappa shape index (κ2) is 14.4. The first-order valence-corrected chi connectivity index (χ1v) is 15.7. The van der Waals surface area contributed by atoms with Crippen molar-refractivity contribution in [3.63, 3.8) is 0 Å². The van der Waals surface area contributed by atoms with Crippen LogP contribution in [0, 0.1) is 0 Å². The highest BCUT2D eigenvalue weighted by molar-refractivity contribution is 7.89. The minimum Gasteiger partial charge on any atom is -0.467 e. The van der Waals surface area contributed by atoms with E-state index in [1.54, 1.807) is 49.5 Å². The molecule has 3 N–H and O–H groups in total. The number of methoxy groups -OCH3 is 1. The molecule has 2 aromatic carbocycles. The molecule has 1 aliphatic heterocycles. The number of carbonyl (C=O) groups excluding carboxylic acids is 2. The second-order valence-corrected chi connectivity index (χ2v) is 12.8. The van der Waals surface area contributed by atoms with Crippen molar-refractivity contribution in [1.82, 2.24) is 14.2 Å². The number of nitrogens with one attached hydrogen (secondary N) is 1. The third-order valence-corrected chi connectivity index (χ3v) is 9.65. The zero-order valence-electron chi connectivity index (χ0n) is 24.4. The quantitative estimate of drug-likeness (QED) is 0.200. The molecular weight excluding hydrogens is 629 g/mol. The van der Waals surface area contributed by atoms with Gasteiger partial charge in [-0.25, -0.2) is 18.2 Å². The number of nitrogens with two attached hydrogens (primary N) is 1. The van der Waals surface area contributed by atoms with E-state index in [1.807, 2.05) is 7.05 Å². The predicted molar refractivity (Wildman–Crippen MR) is 171 cm³/mol. The number of sulfonamides is 1. The zero-order valence-corrected chi connectivity index (χ0v) is 26.7. The Hall–Kier alpha value is -3.75. The second-order valence-electron chi connectivity index (χ2n) is 10.1. The highest BCUT2D eigenvalue weighted by Gasteiger charge is 2.31. The number of halogens is 2. The van der Waals surface area contributed by atoms with E-state index in [9.17, 15) is 18.0 Å². The molecule has 1 fully saturated rings. The van der Waals surface area contributed by atoms with Gasteiger partial charge in [0, 0.05) is 57.7 Å². The smallest absolute Gasteiger partial charge is 0.331 e. The van der Waals surface area contributed by atoms with Gasteiger partial charge in [-0.2, -0.15) is 4.31 Å². The number of aliphatic imine (C=N–C) groups is 1. The van der Waals surface area contributed by atoms with Crippen molar-refractivity contribution < 1.29 is 22.7 Å². The number of piperazine rings is 1. The molecule has 3 aromatic rings. The molecule has 1 amide bonds. The Balaban J connectivity index is 1.52. The summed E-state index contributed by atoms with van der Waals surface area (Å²) in [5, 5.41) is 2.96. The summed E-state index contributed by atoms with van der Waals surface area (Å²) >= 11 is 12.2. The summed E-state index contributed by atoms with van der Waals surface area (Å²) in [4.78, 5) is 37.3. The Morgan fingerprint density at radius 1 is 1.07 bits per heavy atom. The minimum atomic E-state index is -3.81. The molecule has 1 aliphatic rings. The van der Waals surface area contributed by atoms with E-state index in [4.69, 9.17) is 33.7 Å². The van der Waals surface area contributed by atoms with E-state index < -0.39 is 27.9 Å². The van der Waals surface area contributed by atoms with E-state index in [0.717, 1.165) is 0 Å². The molecule has 1 atom stereocenters. The van der Waals surface area contributed by atoms with E-state index in [1.165, 1.54) is 34.8 Å². The molecule has 15 heteroatoms. The number of pyridine rings is 1. The number of amides is 1. The molecule has 12 nitrogen and oxygen atoms in total. The first kappa shape index (κ1) is 33.1. The van der Waals surface area contributed by atoms with Crippen LogP contribution in [0.3, 0.4) is 0 Å². The van der Waals surface area contributed by atoms with Gasteiger partial charge >= 0.3 is 5.97 Å². The first-order valence-electron chi connectivity index (χ1n) is 13.5.